The smallest absolute Gasteiger partial charge is 0.0523 e. The zero-order valence-corrected chi connectivity index (χ0v) is 10.5. The summed E-state index contributed by atoms with van der Waals surface area (Å²) in [7, 11) is -0.304. The fraction of sp³-hybridized carbons (Fsp3) is 0.778. The van der Waals surface area contributed by atoms with E-state index in [0.717, 1.165) is 0 Å². The molecular formula is C9H20Si2. The van der Waals surface area contributed by atoms with Gasteiger partial charge in [-0.2, -0.15) is 0 Å². The maximum absolute atomic E-state index is 3.95. The zero-order chi connectivity index (χ0) is 9.07. The van der Waals surface area contributed by atoms with Gasteiger partial charge in [0.2, 0.25) is 0 Å². The summed E-state index contributed by atoms with van der Waals surface area (Å²) in [6.45, 7) is 15.9. The van der Waals surface area contributed by atoms with Crippen molar-refractivity contribution < 1.29 is 0 Å². The van der Waals surface area contributed by atoms with E-state index in [0.29, 0.717) is 5.04 Å². The Labute approximate surface area is 74.9 Å². The number of hydrogen-bond acceptors (Lipinski definition) is 0. The molecule has 0 heterocycles. The zero-order valence-electron chi connectivity index (χ0n) is 8.49. The van der Waals surface area contributed by atoms with E-state index in [1.807, 2.05) is 0 Å². The molecule has 0 aliphatic heterocycles. The van der Waals surface area contributed by atoms with E-state index < -0.39 is 0 Å². The minimum atomic E-state index is -0.210. The SMILES string of the molecule is C=CC(C)(C[Si](C)C)[Si](C)C. The Balaban J connectivity index is 4.22. The summed E-state index contributed by atoms with van der Waals surface area (Å²) in [5, 5.41) is 0.475. The second kappa shape index (κ2) is 4.26. The third-order valence-electron chi connectivity index (χ3n) is 2.31. The van der Waals surface area contributed by atoms with Crippen molar-refractivity contribution in [3.05, 3.63) is 12.7 Å². The molecule has 0 aliphatic carbocycles. The molecule has 64 valence electrons. The number of rotatable bonds is 4. The van der Waals surface area contributed by atoms with Gasteiger partial charge in [-0.15, -0.1) is 6.58 Å². The van der Waals surface area contributed by atoms with Gasteiger partial charge in [0, 0.05) is 8.80 Å². The summed E-state index contributed by atoms with van der Waals surface area (Å²) in [4.78, 5) is 0. The van der Waals surface area contributed by atoms with Gasteiger partial charge < -0.3 is 0 Å². The van der Waals surface area contributed by atoms with Gasteiger partial charge in [-0.3, -0.25) is 0 Å². The summed E-state index contributed by atoms with van der Waals surface area (Å²) >= 11 is 0. The molecule has 0 aromatic carbocycles. The van der Waals surface area contributed by atoms with Gasteiger partial charge in [0.15, 0.2) is 0 Å². The van der Waals surface area contributed by atoms with E-state index in [1.54, 1.807) is 0 Å². The summed E-state index contributed by atoms with van der Waals surface area (Å²) in [6, 6.07) is 1.39. The second-order valence-corrected chi connectivity index (χ2v) is 9.92. The Kier molecular flexibility index (Phi) is 4.33. The van der Waals surface area contributed by atoms with Crippen molar-refractivity contribution in [3.63, 3.8) is 0 Å². The van der Waals surface area contributed by atoms with Crippen LogP contribution in [0.5, 0.6) is 0 Å². The summed E-state index contributed by atoms with van der Waals surface area (Å²) < 4.78 is 0. The normalized spacial score (nSPS) is 17.0. The molecule has 0 spiro atoms. The molecule has 0 N–H and O–H groups in total. The Bertz CT molecular complexity index is 130. The molecule has 0 fully saturated rings. The molecule has 2 radical (unpaired) electrons. The van der Waals surface area contributed by atoms with Crippen LogP contribution in [0.15, 0.2) is 12.7 Å². The summed E-state index contributed by atoms with van der Waals surface area (Å²) in [5.74, 6) is 0. The minimum Gasteiger partial charge on any atom is -0.103 e. The lowest BCUT2D eigenvalue weighted by Crippen LogP contribution is -2.25. The maximum atomic E-state index is 3.95. The van der Waals surface area contributed by atoms with Crippen molar-refractivity contribution in [2.24, 2.45) is 0 Å². The van der Waals surface area contributed by atoms with Crippen molar-refractivity contribution in [3.8, 4) is 0 Å². The van der Waals surface area contributed by atoms with Crippen LogP contribution in [-0.2, 0) is 0 Å². The highest BCUT2D eigenvalue weighted by molar-refractivity contribution is 6.65. The average Bonchev–Trinajstić information content (AvgIpc) is 1.86. The molecule has 0 amide bonds. The fourth-order valence-electron chi connectivity index (χ4n) is 1.19. The molecular weight excluding hydrogens is 164 g/mol. The molecule has 0 saturated heterocycles. The Morgan fingerprint density at radius 1 is 1.27 bits per heavy atom. The van der Waals surface area contributed by atoms with Crippen LogP contribution in [0.2, 0.25) is 37.3 Å². The highest BCUT2D eigenvalue weighted by Gasteiger charge is 2.26. The van der Waals surface area contributed by atoms with Gasteiger partial charge in [-0.25, -0.2) is 0 Å². The molecule has 2 heteroatoms. The van der Waals surface area contributed by atoms with Crippen LogP contribution in [-0.4, -0.2) is 17.6 Å². The highest BCUT2D eigenvalue weighted by atomic mass is 28.3. The molecule has 0 aliphatic rings. The van der Waals surface area contributed by atoms with Crippen molar-refractivity contribution in [2.75, 3.05) is 0 Å². The van der Waals surface area contributed by atoms with E-state index in [1.165, 1.54) is 6.04 Å². The minimum absolute atomic E-state index is 0.0938. The topological polar surface area (TPSA) is 0 Å². The lowest BCUT2D eigenvalue weighted by molar-refractivity contribution is 0.822. The van der Waals surface area contributed by atoms with E-state index in [2.05, 4.69) is 45.8 Å². The molecule has 1 unspecified atom stereocenters. The molecule has 11 heavy (non-hydrogen) atoms. The molecule has 0 bridgehead atoms. The summed E-state index contributed by atoms with van der Waals surface area (Å²) in [6.07, 6.45) is 2.18. The highest BCUT2D eigenvalue weighted by Crippen LogP contribution is 2.36. The van der Waals surface area contributed by atoms with Crippen LogP contribution in [0.4, 0.5) is 0 Å². The van der Waals surface area contributed by atoms with E-state index in [4.69, 9.17) is 0 Å². The van der Waals surface area contributed by atoms with Gasteiger partial charge in [0.1, 0.15) is 0 Å². The van der Waals surface area contributed by atoms with Gasteiger partial charge >= 0.3 is 0 Å². The van der Waals surface area contributed by atoms with Crippen molar-refractivity contribution in [1.29, 1.82) is 0 Å². The quantitative estimate of drug-likeness (QED) is 0.464. The van der Waals surface area contributed by atoms with Crippen molar-refractivity contribution in [1.82, 2.24) is 0 Å². The lowest BCUT2D eigenvalue weighted by atomic mass is 10.2. The average molecular weight is 184 g/mol. The van der Waals surface area contributed by atoms with Gasteiger partial charge in [-0.05, 0) is 5.04 Å². The van der Waals surface area contributed by atoms with Gasteiger partial charge in [0.25, 0.3) is 0 Å². The Morgan fingerprint density at radius 3 is 1.82 bits per heavy atom. The van der Waals surface area contributed by atoms with Crippen LogP contribution in [0.25, 0.3) is 0 Å². The van der Waals surface area contributed by atoms with Gasteiger partial charge in [-0.1, -0.05) is 45.2 Å². The fourth-order valence-corrected chi connectivity index (χ4v) is 5.68. The Morgan fingerprint density at radius 2 is 1.73 bits per heavy atom. The monoisotopic (exact) mass is 184 g/mol. The van der Waals surface area contributed by atoms with Crippen molar-refractivity contribution >= 4 is 17.6 Å². The van der Waals surface area contributed by atoms with Crippen molar-refractivity contribution in [2.45, 2.75) is 44.2 Å². The number of allylic oxidation sites excluding steroid dienone is 1. The molecule has 0 rings (SSSR count). The van der Waals surface area contributed by atoms with Crippen LogP contribution in [0.3, 0.4) is 0 Å². The summed E-state index contributed by atoms with van der Waals surface area (Å²) in [5.41, 5.74) is 0. The predicted molar refractivity (Wildman–Crippen MR) is 58.3 cm³/mol. The van der Waals surface area contributed by atoms with Crippen LogP contribution in [0, 0.1) is 0 Å². The Hall–Kier alpha value is 0.174. The first-order valence-electron chi connectivity index (χ1n) is 4.15. The molecule has 0 aromatic rings. The van der Waals surface area contributed by atoms with E-state index >= 15 is 0 Å². The third kappa shape index (κ3) is 3.38. The maximum Gasteiger partial charge on any atom is 0.0523 e. The third-order valence-corrected chi connectivity index (χ3v) is 6.77. The molecule has 0 saturated carbocycles. The largest absolute Gasteiger partial charge is 0.103 e. The molecule has 0 nitrogen and oxygen atoms in total. The lowest BCUT2D eigenvalue weighted by Gasteiger charge is -2.30. The second-order valence-electron chi connectivity index (χ2n) is 4.01. The standard InChI is InChI=1S/C9H20Si2/c1-7-9(2,11(5)6)8-10(3)4/h7H,1,8H2,2-6H3. The van der Waals surface area contributed by atoms with Crippen LogP contribution in [0.1, 0.15) is 6.92 Å². The molecule has 0 aromatic heterocycles. The first-order chi connectivity index (χ1) is 4.92. The molecule has 1 atom stereocenters. The number of hydrogen-bond donors (Lipinski definition) is 0. The van der Waals surface area contributed by atoms with E-state index in [-0.39, 0.29) is 17.6 Å². The van der Waals surface area contributed by atoms with E-state index in [9.17, 15) is 0 Å². The van der Waals surface area contributed by atoms with Gasteiger partial charge in [0.05, 0.1) is 8.80 Å². The first-order valence-corrected chi connectivity index (χ1v) is 9.36. The van der Waals surface area contributed by atoms with Crippen LogP contribution < -0.4 is 0 Å². The first kappa shape index (κ1) is 11.2. The predicted octanol–water partition coefficient (Wildman–Crippen LogP) is 3.44. The van der Waals surface area contributed by atoms with Crippen LogP contribution >= 0.6 is 0 Å².